The third kappa shape index (κ3) is 9.32. The average Bonchev–Trinajstić information content (AvgIpc) is 2.19. The van der Waals surface area contributed by atoms with Gasteiger partial charge in [-0.3, -0.25) is 0 Å². The van der Waals surface area contributed by atoms with Gasteiger partial charge in [-0.05, 0) is 6.42 Å². The van der Waals surface area contributed by atoms with Crippen LogP contribution in [0.5, 0.6) is 0 Å². The van der Waals surface area contributed by atoms with Gasteiger partial charge in [-0.2, -0.15) is 30.3 Å². The summed E-state index contributed by atoms with van der Waals surface area (Å²) in [5, 5.41) is 0. The second-order valence-corrected chi connectivity index (χ2v) is 2.79. The summed E-state index contributed by atoms with van der Waals surface area (Å²) in [6.07, 6.45) is 0.948. The summed E-state index contributed by atoms with van der Waals surface area (Å²) in [5.41, 5.74) is 1.10. The van der Waals surface area contributed by atoms with Crippen LogP contribution in [-0.2, 0) is 16.1 Å². The van der Waals surface area contributed by atoms with E-state index >= 15 is 0 Å². The van der Waals surface area contributed by atoms with E-state index in [1.54, 1.807) is 7.11 Å². The monoisotopic (exact) mass is 282 g/mol. The summed E-state index contributed by atoms with van der Waals surface area (Å²) < 4.78 is 10.3. The van der Waals surface area contributed by atoms with Crippen LogP contribution in [0.15, 0.2) is 24.3 Å². The zero-order valence-corrected chi connectivity index (χ0v) is 12.0. The molecule has 0 aliphatic carbocycles. The molecule has 0 amide bonds. The van der Waals surface area contributed by atoms with Gasteiger partial charge in [-0.25, -0.2) is 0 Å². The molecule has 15 heavy (non-hydrogen) atoms. The number of halogens is 1. The first-order chi connectivity index (χ1) is 6.43. The Kier molecular flexibility index (Phi) is 14.8. The van der Waals surface area contributed by atoms with Crippen molar-refractivity contribution in [1.29, 1.82) is 0 Å². The Balaban J connectivity index is 0. The molecule has 0 aromatic heterocycles. The molecule has 0 heterocycles. The van der Waals surface area contributed by atoms with Crippen LogP contribution in [0.3, 0.4) is 0 Å². The van der Waals surface area contributed by atoms with E-state index in [9.17, 15) is 0 Å². The number of hydrogen-bond acceptors (Lipinski definition) is 2. The van der Waals surface area contributed by atoms with Gasteiger partial charge >= 0.3 is 23.1 Å². The fraction of sp³-hybridized carbons (Fsp3) is 0.455. The normalized spacial score (nSPS) is 8.87. The van der Waals surface area contributed by atoms with Crippen molar-refractivity contribution in [2.75, 3.05) is 20.3 Å². The molecular formula is C11H15BrMgO2. The maximum atomic E-state index is 5.41. The van der Waals surface area contributed by atoms with Crippen molar-refractivity contribution in [2.45, 2.75) is 13.0 Å². The molecule has 0 bridgehead atoms. The molecule has 0 unspecified atom stereocenters. The minimum Gasteiger partial charge on any atom is -1.00 e. The van der Waals surface area contributed by atoms with Crippen molar-refractivity contribution >= 4 is 23.1 Å². The second-order valence-electron chi connectivity index (χ2n) is 2.79. The van der Waals surface area contributed by atoms with E-state index in [4.69, 9.17) is 9.47 Å². The molecule has 0 saturated heterocycles. The van der Waals surface area contributed by atoms with Gasteiger partial charge < -0.3 is 26.5 Å². The van der Waals surface area contributed by atoms with Crippen LogP contribution in [0.1, 0.15) is 12.0 Å². The minimum atomic E-state index is 0. The Hall–Kier alpha value is 0.386. The summed E-state index contributed by atoms with van der Waals surface area (Å²) in [7, 11) is 1.70. The molecular weight excluding hydrogens is 268 g/mol. The molecule has 0 fully saturated rings. The molecule has 0 spiro atoms. The van der Waals surface area contributed by atoms with Gasteiger partial charge in [0.2, 0.25) is 0 Å². The summed E-state index contributed by atoms with van der Waals surface area (Å²) in [5.74, 6) is 0. The first-order valence-electron chi connectivity index (χ1n) is 4.46. The predicted molar refractivity (Wildman–Crippen MR) is 57.2 cm³/mol. The molecule has 2 nitrogen and oxygen atoms in total. The van der Waals surface area contributed by atoms with Crippen LogP contribution < -0.4 is 17.0 Å². The first-order valence-corrected chi connectivity index (χ1v) is 4.46. The summed E-state index contributed by atoms with van der Waals surface area (Å²) >= 11 is 0. The van der Waals surface area contributed by atoms with Crippen molar-refractivity contribution < 1.29 is 26.5 Å². The van der Waals surface area contributed by atoms with E-state index in [1.165, 1.54) is 0 Å². The fourth-order valence-electron chi connectivity index (χ4n) is 1.01. The molecule has 0 atom stereocenters. The number of methoxy groups -OCH3 is 1. The van der Waals surface area contributed by atoms with Crippen molar-refractivity contribution in [3.63, 3.8) is 0 Å². The van der Waals surface area contributed by atoms with Crippen LogP contribution in [0.4, 0.5) is 0 Å². The molecule has 1 aromatic carbocycles. The van der Waals surface area contributed by atoms with E-state index in [0.29, 0.717) is 6.61 Å². The molecule has 1 rings (SSSR count). The van der Waals surface area contributed by atoms with Gasteiger partial charge in [-0.15, -0.1) is 5.56 Å². The standard InChI is InChI=1S/C11H15O2.BrH.Mg/c1-12-8-5-9-13-10-11-6-3-2-4-7-11;;/h2-4,6H,5,8-10H2,1H3;1H;/q-1;;+2/p-1. The molecule has 0 aliphatic rings. The molecule has 4 heteroatoms. The van der Waals surface area contributed by atoms with Crippen molar-refractivity contribution in [3.05, 3.63) is 35.9 Å². The number of hydrogen-bond donors (Lipinski definition) is 0. The number of benzene rings is 1. The zero-order valence-electron chi connectivity index (χ0n) is 9.04. The molecule has 0 saturated carbocycles. The molecule has 80 valence electrons. The Morgan fingerprint density at radius 1 is 1.27 bits per heavy atom. The second kappa shape index (κ2) is 12.5. The van der Waals surface area contributed by atoms with Gasteiger partial charge in [-0.1, -0.05) is 0 Å². The van der Waals surface area contributed by atoms with E-state index in [2.05, 4.69) is 6.07 Å². The summed E-state index contributed by atoms with van der Waals surface area (Å²) in [6, 6.07) is 11.0. The predicted octanol–water partition coefficient (Wildman–Crippen LogP) is -1.34. The number of ether oxygens (including phenoxy) is 2. The van der Waals surface area contributed by atoms with E-state index in [1.807, 2.05) is 24.3 Å². The maximum Gasteiger partial charge on any atom is 2.00 e. The van der Waals surface area contributed by atoms with Crippen molar-refractivity contribution in [2.24, 2.45) is 0 Å². The minimum absolute atomic E-state index is 0. The molecule has 0 N–H and O–H groups in total. The van der Waals surface area contributed by atoms with Gasteiger partial charge in [0.05, 0.1) is 0 Å². The van der Waals surface area contributed by atoms with E-state index in [0.717, 1.165) is 25.2 Å². The van der Waals surface area contributed by atoms with Gasteiger partial charge in [0.1, 0.15) is 0 Å². The van der Waals surface area contributed by atoms with Crippen molar-refractivity contribution in [1.82, 2.24) is 0 Å². The fourth-order valence-corrected chi connectivity index (χ4v) is 1.01. The van der Waals surface area contributed by atoms with Crippen LogP contribution in [0.25, 0.3) is 0 Å². The molecule has 0 aliphatic heterocycles. The van der Waals surface area contributed by atoms with Crippen LogP contribution >= 0.6 is 0 Å². The molecule has 0 radical (unpaired) electrons. The van der Waals surface area contributed by atoms with Crippen LogP contribution in [-0.4, -0.2) is 43.4 Å². The Morgan fingerprint density at radius 3 is 2.67 bits per heavy atom. The van der Waals surface area contributed by atoms with Crippen molar-refractivity contribution in [3.8, 4) is 0 Å². The first kappa shape index (κ1) is 17.8. The maximum absolute atomic E-state index is 5.41. The van der Waals surface area contributed by atoms with Crippen LogP contribution in [0, 0.1) is 6.07 Å². The van der Waals surface area contributed by atoms with E-state index in [-0.39, 0.29) is 40.0 Å². The Labute approximate surface area is 118 Å². The number of rotatable bonds is 6. The summed E-state index contributed by atoms with van der Waals surface area (Å²) in [6.45, 7) is 2.15. The third-order valence-electron chi connectivity index (χ3n) is 1.67. The van der Waals surface area contributed by atoms with E-state index < -0.39 is 0 Å². The van der Waals surface area contributed by atoms with Gasteiger partial charge in [0.25, 0.3) is 0 Å². The Bertz CT molecular complexity index is 219. The smallest absolute Gasteiger partial charge is 1.00 e. The van der Waals surface area contributed by atoms with Crippen LogP contribution in [0.2, 0.25) is 0 Å². The zero-order chi connectivity index (χ0) is 9.36. The van der Waals surface area contributed by atoms with Gasteiger partial charge in [0, 0.05) is 26.9 Å². The topological polar surface area (TPSA) is 18.5 Å². The SMILES string of the molecule is COCCCOCc1[c-]cccc1.[Br-].[Mg+2]. The third-order valence-corrected chi connectivity index (χ3v) is 1.67. The van der Waals surface area contributed by atoms with Gasteiger partial charge in [0.15, 0.2) is 0 Å². The Morgan fingerprint density at radius 2 is 2.07 bits per heavy atom. The largest absolute Gasteiger partial charge is 2.00 e. The quantitative estimate of drug-likeness (QED) is 0.366. The summed E-state index contributed by atoms with van der Waals surface area (Å²) in [4.78, 5) is 0. The molecule has 1 aromatic rings. The average molecular weight is 283 g/mol.